The molecule has 0 atom stereocenters. The number of rotatable bonds is 36. The third-order valence-corrected chi connectivity index (χ3v) is 8.73. The van der Waals surface area contributed by atoms with Gasteiger partial charge in [-0.3, -0.25) is 0 Å². The summed E-state index contributed by atoms with van der Waals surface area (Å²) in [5, 5.41) is 0. The quantitative estimate of drug-likeness (QED) is 0.0503. The van der Waals surface area contributed by atoms with Crippen LogP contribution in [0.15, 0.2) is 0 Å². The van der Waals surface area contributed by atoms with Crippen LogP contribution in [-0.2, 0) is 18.9 Å². The van der Waals surface area contributed by atoms with E-state index in [-0.39, 0.29) is 5.41 Å². The minimum Gasteiger partial charge on any atom is -0.381 e. The molecule has 0 fully saturated rings. The topological polar surface area (TPSA) is 36.9 Å². The van der Waals surface area contributed by atoms with E-state index in [9.17, 15) is 0 Å². The van der Waals surface area contributed by atoms with Crippen molar-refractivity contribution in [3.63, 3.8) is 0 Å². The molecule has 0 aliphatic heterocycles. The van der Waals surface area contributed by atoms with Gasteiger partial charge in [-0.15, -0.1) is 0 Å². The highest BCUT2D eigenvalue weighted by atomic mass is 16.5. The zero-order valence-electron chi connectivity index (χ0n) is 32.2. The molecule has 0 amide bonds. The molecule has 272 valence electrons. The average molecular weight is 645 g/mol. The molecule has 0 saturated carbocycles. The molecule has 0 aromatic carbocycles. The van der Waals surface area contributed by atoms with E-state index in [1.54, 1.807) is 0 Å². The summed E-state index contributed by atoms with van der Waals surface area (Å²) in [7, 11) is 13.3. The number of hydrogen-bond donors (Lipinski definition) is 0. The number of ether oxygens (including phenoxy) is 4. The van der Waals surface area contributed by atoms with E-state index in [4.69, 9.17) is 18.9 Å². The highest BCUT2D eigenvalue weighted by Gasteiger charge is 2.33. The normalized spacial score (nSPS) is 12.8. The molecule has 0 rings (SSSR count). The highest BCUT2D eigenvalue weighted by molar-refractivity contribution is 4.79. The van der Waals surface area contributed by atoms with Crippen LogP contribution in [0.5, 0.6) is 0 Å². The SMILES string of the molecule is CCCCCCCCCCCCOCC(COCCCCCCCCCCCC)(COCC[N+](C)(C)C)COCC[N+](C)(C)C. The zero-order chi connectivity index (χ0) is 33.5. The molecule has 0 aromatic heterocycles. The Balaban J connectivity index is 4.76. The minimum atomic E-state index is -0.271. The third-order valence-electron chi connectivity index (χ3n) is 8.73. The van der Waals surface area contributed by atoms with Crippen LogP contribution in [0.2, 0.25) is 0 Å². The van der Waals surface area contributed by atoms with Gasteiger partial charge in [0.15, 0.2) is 0 Å². The van der Waals surface area contributed by atoms with Crippen molar-refractivity contribution in [1.82, 2.24) is 0 Å². The number of unbranched alkanes of at least 4 members (excludes halogenated alkanes) is 18. The van der Waals surface area contributed by atoms with Gasteiger partial charge in [0.1, 0.15) is 13.1 Å². The van der Waals surface area contributed by atoms with Gasteiger partial charge in [-0.25, -0.2) is 0 Å². The van der Waals surface area contributed by atoms with Crippen LogP contribution in [-0.4, -0.2) is 117 Å². The number of nitrogens with zero attached hydrogens (tertiary/aromatic N) is 2. The Morgan fingerprint density at radius 2 is 0.578 bits per heavy atom. The van der Waals surface area contributed by atoms with Crippen LogP contribution in [0.25, 0.3) is 0 Å². The predicted molar refractivity (Wildman–Crippen MR) is 195 cm³/mol. The van der Waals surface area contributed by atoms with Crippen molar-refractivity contribution in [2.24, 2.45) is 5.41 Å². The number of hydrogen-bond acceptors (Lipinski definition) is 4. The largest absolute Gasteiger partial charge is 0.381 e. The van der Waals surface area contributed by atoms with Gasteiger partial charge >= 0.3 is 0 Å². The van der Waals surface area contributed by atoms with Gasteiger partial charge in [0.2, 0.25) is 0 Å². The lowest BCUT2D eigenvalue weighted by atomic mass is 9.92. The van der Waals surface area contributed by atoms with E-state index in [2.05, 4.69) is 56.1 Å². The van der Waals surface area contributed by atoms with Crippen LogP contribution < -0.4 is 0 Å². The van der Waals surface area contributed by atoms with Gasteiger partial charge in [-0.2, -0.15) is 0 Å². The van der Waals surface area contributed by atoms with Crippen molar-refractivity contribution >= 4 is 0 Å². The smallest absolute Gasteiger partial charge is 0.102 e. The first kappa shape index (κ1) is 44.8. The molecule has 6 heteroatoms. The summed E-state index contributed by atoms with van der Waals surface area (Å²) in [4.78, 5) is 0. The maximum atomic E-state index is 6.38. The molecule has 6 nitrogen and oxygen atoms in total. The molecule has 0 unspecified atom stereocenters. The van der Waals surface area contributed by atoms with Gasteiger partial charge in [0, 0.05) is 13.2 Å². The van der Waals surface area contributed by atoms with E-state index < -0.39 is 0 Å². The lowest BCUT2D eigenvalue weighted by Crippen LogP contribution is -2.44. The van der Waals surface area contributed by atoms with Crippen LogP contribution in [0.1, 0.15) is 142 Å². The first-order valence-electron chi connectivity index (χ1n) is 19.5. The summed E-state index contributed by atoms with van der Waals surface area (Å²) in [6, 6.07) is 0. The van der Waals surface area contributed by atoms with Crippen LogP contribution in [0.4, 0.5) is 0 Å². The molecule has 0 radical (unpaired) electrons. The third kappa shape index (κ3) is 33.5. The first-order valence-corrected chi connectivity index (χ1v) is 19.5. The molecule has 0 heterocycles. The lowest BCUT2D eigenvalue weighted by molar-refractivity contribution is -0.870. The highest BCUT2D eigenvalue weighted by Crippen LogP contribution is 2.22. The summed E-state index contributed by atoms with van der Waals surface area (Å²) in [5.41, 5.74) is -0.271. The maximum Gasteiger partial charge on any atom is 0.102 e. The second-order valence-electron chi connectivity index (χ2n) is 16.1. The molecule has 0 saturated heterocycles. The van der Waals surface area contributed by atoms with Crippen molar-refractivity contribution in [3.05, 3.63) is 0 Å². The Bertz CT molecular complexity index is 551. The van der Waals surface area contributed by atoms with E-state index in [0.717, 1.165) is 61.3 Å². The van der Waals surface area contributed by atoms with Gasteiger partial charge in [-0.1, -0.05) is 129 Å². The molecule has 0 aliphatic rings. The molecule has 0 bridgehead atoms. The second kappa shape index (κ2) is 29.9. The Kier molecular flexibility index (Phi) is 29.7. The minimum absolute atomic E-state index is 0.271. The lowest BCUT2D eigenvalue weighted by Gasteiger charge is -2.34. The van der Waals surface area contributed by atoms with Gasteiger partial charge in [0.25, 0.3) is 0 Å². The van der Waals surface area contributed by atoms with Crippen LogP contribution in [0.3, 0.4) is 0 Å². The Morgan fingerprint density at radius 3 is 0.844 bits per heavy atom. The first-order chi connectivity index (χ1) is 21.5. The van der Waals surface area contributed by atoms with Gasteiger partial charge in [-0.05, 0) is 12.8 Å². The maximum absolute atomic E-state index is 6.38. The van der Waals surface area contributed by atoms with E-state index in [0.29, 0.717) is 26.4 Å². The molecule has 0 spiro atoms. The summed E-state index contributed by atoms with van der Waals surface area (Å²) < 4.78 is 27.2. The molecule has 45 heavy (non-hydrogen) atoms. The Hall–Kier alpha value is -0.240. The number of quaternary nitrogens is 2. The van der Waals surface area contributed by atoms with Crippen LogP contribution in [0, 0.1) is 5.41 Å². The summed E-state index contributed by atoms with van der Waals surface area (Å²) in [5.74, 6) is 0. The fourth-order valence-corrected chi connectivity index (χ4v) is 5.46. The molecule has 0 N–H and O–H groups in total. The van der Waals surface area contributed by atoms with Crippen molar-refractivity contribution in [1.29, 1.82) is 0 Å². The van der Waals surface area contributed by atoms with Crippen molar-refractivity contribution < 1.29 is 27.9 Å². The summed E-state index contributed by atoms with van der Waals surface area (Å²) in [6.45, 7) is 12.2. The predicted octanol–water partition coefficient (Wildman–Crippen LogP) is 9.29. The average Bonchev–Trinajstić information content (AvgIpc) is 2.97. The second-order valence-corrected chi connectivity index (χ2v) is 16.1. The Morgan fingerprint density at radius 1 is 0.333 bits per heavy atom. The monoisotopic (exact) mass is 645 g/mol. The summed E-state index contributed by atoms with van der Waals surface area (Å²) in [6.07, 6.45) is 26.8. The van der Waals surface area contributed by atoms with E-state index >= 15 is 0 Å². The van der Waals surface area contributed by atoms with Crippen molar-refractivity contribution in [2.75, 3.05) is 108 Å². The molecule has 0 aliphatic carbocycles. The zero-order valence-corrected chi connectivity index (χ0v) is 32.2. The van der Waals surface area contributed by atoms with Crippen molar-refractivity contribution in [3.8, 4) is 0 Å². The standard InChI is InChI=1S/C39H84N2O4/c1-9-11-13-15-17-19-21-23-25-27-31-42-35-39(37-44-33-29-40(3,4)5,38-45-34-30-41(6,7)8)36-43-32-28-26-24-22-20-18-16-14-12-10-2/h9-38H2,1-8H3/q+2. The molecular weight excluding hydrogens is 560 g/mol. The summed E-state index contributed by atoms with van der Waals surface area (Å²) >= 11 is 0. The van der Waals surface area contributed by atoms with Gasteiger partial charge < -0.3 is 27.9 Å². The Labute approximate surface area is 283 Å². The molecule has 0 aromatic rings. The van der Waals surface area contributed by atoms with Crippen LogP contribution >= 0.6 is 0 Å². The fraction of sp³-hybridized carbons (Fsp3) is 1.00. The molecular formula is C39H84N2O4+2. The van der Waals surface area contributed by atoms with Gasteiger partial charge in [0.05, 0.1) is 87.3 Å². The fourth-order valence-electron chi connectivity index (χ4n) is 5.46. The van der Waals surface area contributed by atoms with E-state index in [1.165, 1.54) is 116 Å². The van der Waals surface area contributed by atoms with E-state index in [1.807, 2.05) is 0 Å². The number of likely N-dealkylation sites (N-methyl/N-ethyl adjacent to an activating group) is 2. The van der Waals surface area contributed by atoms with Crippen molar-refractivity contribution in [2.45, 2.75) is 142 Å².